The fourth-order valence-electron chi connectivity index (χ4n) is 3.27. The SMILES string of the molecule is CCC(NC)c1ccc(-c2ccc3c(c2)CCC3)cc1. The average molecular weight is 265 g/mol. The highest BCUT2D eigenvalue weighted by atomic mass is 14.9. The smallest absolute Gasteiger partial charge is 0.0314 e. The van der Waals surface area contributed by atoms with E-state index in [0.717, 1.165) is 6.42 Å². The predicted octanol–water partition coefficient (Wildman–Crippen LogP) is 4.51. The van der Waals surface area contributed by atoms with E-state index in [0.29, 0.717) is 6.04 Å². The zero-order valence-electron chi connectivity index (χ0n) is 12.4. The molecule has 1 heteroatoms. The highest BCUT2D eigenvalue weighted by Crippen LogP contribution is 2.29. The maximum absolute atomic E-state index is 3.36. The molecule has 1 aliphatic rings. The highest BCUT2D eigenvalue weighted by Gasteiger charge is 2.12. The van der Waals surface area contributed by atoms with Crippen molar-refractivity contribution in [1.29, 1.82) is 0 Å². The van der Waals surface area contributed by atoms with Crippen LogP contribution in [0.4, 0.5) is 0 Å². The number of benzene rings is 2. The van der Waals surface area contributed by atoms with E-state index in [1.54, 1.807) is 11.1 Å². The molecule has 0 radical (unpaired) electrons. The summed E-state index contributed by atoms with van der Waals surface area (Å²) in [7, 11) is 2.03. The van der Waals surface area contributed by atoms with Crippen LogP contribution in [-0.2, 0) is 12.8 Å². The minimum atomic E-state index is 0.462. The molecule has 0 spiro atoms. The van der Waals surface area contributed by atoms with Crippen LogP contribution in [0.15, 0.2) is 42.5 Å². The molecule has 1 unspecified atom stereocenters. The number of rotatable bonds is 4. The molecule has 0 aliphatic heterocycles. The van der Waals surface area contributed by atoms with Crippen molar-refractivity contribution >= 4 is 0 Å². The van der Waals surface area contributed by atoms with Gasteiger partial charge in [0.1, 0.15) is 0 Å². The van der Waals surface area contributed by atoms with Crippen LogP contribution in [0.3, 0.4) is 0 Å². The highest BCUT2D eigenvalue weighted by molar-refractivity contribution is 5.65. The van der Waals surface area contributed by atoms with Crippen molar-refractivity contribution in [2.75, 3.05) is 7.05 Å². The maximum atomic E-state index is 3.36. The molecular weight excluding hydrogens is 242 g/mol. The van der Waals surface area contributed by atoms with Gasteiger partial charge in [0.15, 0.2) is 0 Å². The molecule has 2 aromatic carbocycles. The molecule has 0 amide bonds. The van der Waals surface area contributed by atoms with E-state index >= 15 is 0 Å². The standard InChI is InChI=1S/C19H23N/c1-3-19(20-2)16-10-7-15(8-11-16)18-12-9-14-5-4-6-17(14)13-18/h7-13,19-20H,3-6H2,1-2H3. The van der Waals surface area contributed by atoms with E-state index in [4.69, 9.17) is 0 Å². The van der Waals surface area contributed by atoms with E-state index in [1.807, 2.05) is 7.05 Å². The lowest BCUT2D eigenvalue weighted by Gasteiger charge is -2.15. The quantitative estimate of drug-likeness (QED) is 0.857. The van der Waals surface area contributed by atoms with Gasteiger partial charge in [0, 0.05) is 6.04 Å². The lowest BCUT2D eigenvalue weighted by atomic mass is 9.97. The van der Waals surface area contributed by atoms with Crippen molar-refractivity contribution in [2.24, 2.45) is 0 Å². The summed E-state index contributed by atoms with van der Waals surface area (Å²) >= 11 is 0. The molecule has 1 nitrogen and oxygen atoms in total. The van der Waals surface area contributed by atoms with E-state index in [2.05, 4.69) is 54.7 Å². The summed E-state index contributed by atoms with van der Waals surface area (Å²) in [6, 6.07) is 16.5. The second kappa shape index (κ2) is 5.80. The summed E-state index contributed by atoms with van der Waals surface area (Å²) in [4.78, 5) is 0. The van der Waals surface area contributed by atoms with Crippen LogP contribution in [0.5, 0.6) is 0 Å². The van der Waals surface area contributed by atoms with Gasteiger partial charge >= 0.3 is 0 Å². The molecule has 104 valence electrons. The van der Waals surface area contributed by atoms with Crippen molar-refractivity contribution in [3.05, 3.63) is 59.2 Å². The largest absolute Gasteiger partial charge is 0.313 e. The van der Waals surface area contributed by atoms with Crippen LogP contribution in [0.25, 0.3) is 11.1 Å². The van der Waals surface area contributed by atoms with E-state index in [-0.39, 0.29) is 0 Å². The molecule has 20 heavy (non-hydrogen) atoms. The van der Waals surface area contributed by atoms with Crippen LogP contribution in [0.1, 0.15) is 42.5 Å². The number of hydrogen-bond acceptors (Lipinski definition) is 1. The van der Waals surface area contributed by atoms with Gasteiger partial charge in [-0.1, -0.05) is 49.4 Å². The third-order valence-electron chi connectivity index (χ3n) is 4.50. The summed E-state index contributed by atoms with van der Waals surface area (Å²) in [6.45, 7) is 2.22. The molecule has 0 saturated heterocycles. The Morgan fingerprint density at radius 1 is 0.950 bits per heavy atom. The summed E-state index contributed by atoms with van der Waals surface area (Å²) < 4.78 is 0. The Labute approximate surface area is 122 Å². The fraction of sp³-hybridized carbons (Fsp3) is 0.368. The number of hydrogen-bond donors (Lipinski definition) is 1. The Kier molecular flexibility index (Phi) is 3.88. The van der Waals surface area contributed by atoms with Crippen LogP contribution in [0, 0.1) is 0 Å². The lowest BCUT2D eigenvalue weighted by Crippen LogP contribution is -2.14. The zero-order chi connectivity index (χ0) is 13.9. The second-order valence-corrected chi connectivity index (χ2v) is 5.71. The Hall–Kier alpha value is -1.60. The molecule has 0 bridgehead atoms. The number of fused-ring (bicyclic) bond motifs is 1. The second-order valence-electron chi connectivity index (χ2n) is 5.71. The molecule has 0 aromatic heterocycles. The van der Waals surface area contributed by atoms with Gasteiger partial charge in [0.25, 0.3) is 0 Å². The van der Waals surface area contributed by atoms with Crippen molar-refractivity contribution in [3.8, 4) is 11.1 Å². The summed E-state index contributed by atoms with van der Waals surface area (Å²) in [5, 5.41) is 3.36. The van der Waals surface area contributed by atoms with Gasteiger partial charge in [-0.2, -0.15) is 0 Å². The third kappa shape index (κ3) is 2.51. The van der Waals surface area contributed by atoms with Crippen molar-refractivity contribution in [3.63, 3.8) is 0 Å². The Bertz CT molecular complexity index is 579. The van der Waals surface area contributed by atoms with Gasteiger partial charge in [-0.15, -0.1) is 0 Å². The molecule has 0 heterocycles. The van der Waals surface area contributed by atoms with Crippen LogP contribution in [0.2, 0.25) is 0 Å². The predicted molar refractivity (Wildman–Crippen MR) is 86.0 cm³/mol. The first kappa shape index (κ1) is 13.4. The fourth-order valence-corrected chi connectivity index (χ4v) is 3.27. The maximum Gasteiger partial charge on any atom is 0.0314 e. The van der Waals surface area contributed by atoms with Crippen molar-refractivity contribution < 1.29 is 0 Å². The van der Waals surface area contributed by atoms with Gasteiger partial charge in [-0.25, -0.2) is 0 Å². The minimum Gasteiger partial charge on any atom is -0.313 e. The van der Waals surface area contributed by atoms with E-state index in [9.17, 15) is 0 Å². The normalized spacial score (nSPS) is 15.1. The Balaban J connectivity index is 1.87. The topological polar surface area (TPSA) is 12.0 Å². The molecule has 1 aliphatic carbocycles. The third-order valence-corrected chi connectivity index (χ3v) is 4.50. The number of aryl methyl sites for hydroxylation is 2. The molecule has 1 N–H and O–H groups in total. The summed E-state index contributed by atoms with van der Waals surface area (Å²) in [5.74, 6) is 0. The molecule has 3 rings (SSSR count). The summed E-state index contributed by atoms with van der Waals surface area (Å²) in [5.41, 5.74) is 7.16. The van der Waals surface area contributed by atoms with Gasteiger partial charge in [0.2, 0.25) is 0 Å². The van der Waals surface area contributed by atoms with Crippen molar-refractivity contribution in [1.82, 2.24) is 5.32 Å². The van der Waals surface area contributed by atoms with E-state index in [1.165, 1.54) is 36.0 Å². The lowest BCUT2D eigenvalue weighted by molar-refractivity contribution is 0.577. The molecule has 2 aromatic rings. The first-order valence-corrected chi connectivity index (χ1v) is 7.71. The van der Waals surface area contributed by atoms with Gasteiger partial charge in [-0.05, 0) is 60.5 Å². The first-order chi connectivity index (χ1) is 9.81. The zero-order valence-corrected chi connectivity index (χ0v) is 12.4. The average Bonchev–Trinajstić information content (AvgIpc) is 2.96. The van der Waals surface area contributed by atoms with Gasteiger partial charge in [0.05, 0.1) is 0 Å². The Morgan fingerprint density at radius 3 is 2.35 bits per heavy atom. The first-order valence-electron chi connectivity index (χ1n) is 7.71. The molecule has 0 saturated carbocycles. The van der Waals surface area contributed by atoms with Crippen LogP contribution >= 0.6 is 0 Å². The van der Waals surface area contributed by atoms with Crippen LogP contribution < -0.4 is 5.32 Å². The molecular formula is C19H23N. The van der Waals surface area contributed by atoms with Crippen LogP contribution in [-0.4, -0.2) is 7.05 Å². The minimum absolute atomic E-state index is 0.462. The van der Waals surface area contributed by atoms with Gasteiger partial charge in [-0.3, -0.25) is 0 Å². The molecule has 1 atom stereocenters. The number of nitrogens with one attached hydrogen (secondary N) is 1. The molecule has 0 fully saturated rings. The van der Waals surface area contributed by atoms with E-state index < -0.39 is 0 Å². The van der Waals surface area contributed by atoms with Gasteiger partial charge < -0.3 is 5.32 Å². The van der Waals surface area contributed by atoms with Crippen molar-refractivity contribution in [2.45, 2.75) is 38.6 Å². The Morgan fingerprint density at radius 2 is 1.65 bits per heavy atom. The monoisotopic (exact) mass is 265 g/mol. The summed E-state index contributed by atoms with van der Waals surface area (Å²) in [6.07, 6.45) is 4.95.